The number of carbonyl (C=O) groups excluding carboxylic acids is 1. The summed E-state index contributed by atoms with van der Waals surface area (Å²) in [5, 5.41) is 6.99. The van der Waals surface area contributed by atoms with Crippen molar-refractivity contribution in [2.24, 2.45) is 0 Å². The van der Waals surface area contributed by atoms with E-state index in [1.54, 1.807) is 0 Å². The van der Waals surface area contributed by atoms with Crippen molar-refractivity contribution >= 4 is 5.91 Å². The average Bonchev–Trinajstić information content (AvgIpc) is 2.97. The van der Waals surface area contributed by atoms with E-state index in [1.807, 2.05) is 37.4 Å². The van der Waals surface area contributed by atoms with Crippen LogP contribution in [-0.2, 0) is 11.2 Å². The average molecular weight is 328 g/mol. The van der Waals surface area contributed by atoms with Crippen LogP contribution in [0.4, 0.5) is 0 Å². The second-order valence-corrected chi connectivity index (χ2v) is 6.27. The molecular weight excluding hydrogens is 304 g/mol. The minimum atomic E-state index is -0.0161. The van der Waals surface area contributed by atoms with Gasteiger partial charge in [0.1, 0.15) is 0 Å². The zero-order chi connectivity index (χ0) is 16.8. The Morgan fingerprint density at radius 3 is 2.96 bits per heavy atom. The molecule has 1 aliphatic heterocycles. The molecule has 2 aromatic rings. The molecule has 1 saturated heterocycles. The monoisotopic (exact) mass is 328 g/mol. The van der Waals surface area contributed by atoms with Crippen molar-refractivity contribution in [3.05, 3.63) is 36.2 Å². The van der Waals surface area contributed by atoms with E-state index < -0.39 is 0 Å². The molecule has 0 radical (unpaired) electrons. The van der Waals surface area contributed by atoms with Gasteiger partial charge < -0.3 is 9.84 Å². The fraction of sp³-hybridized carbons (Fsp3) is 0.500. The molecule has 0 aliphatic carbocycles. The number of likely N-dealkylation sites (tertiary alicyclic amines) is 1. The summed E-state index contributed by atoms with van der Waals surface area (Å²) in [5.74, 6) is 1.23. The number of hydrogen-bond acceptors (Lipinski definition) is 5. The maximum Gasteiger partial charge on any atom is 0.257 e. The number of hydrogen-bond donors (Lipinski definition) is 1. The second kappa shape index (κ2) is 8.06. The van der Waals surface area contributed by atoms with Crippen molar-refractivity contribution < 1.29 is 9.32 Å². The first-order valence-electron chi connectivity index (χ1n) is 8.60. The van der Waals surface area contributed by atoms with Gasteiger partial charge in [0.05, 0.1) is 6.04 Å². The van der Waals surface area contributed by atoms with E-state index in [0.29, 0.717) is 24.7 Å². The molecule has 1 N–H and O–H groups in total. The minimum Gasteiger partial charge on any atom is -0.354 e. The number of carbonyl (C=O) groups is 1. The van der Waals surface area contributed by atoms with Gasteiger partial charge in [-0.25, -0.2) is 0 Å². The lowest BCUT2D eigenvalue weighted by Crippen LogP contribution is -2.45. The maximum absolute atomic E-state index is 12.4. The Kier molecular flexibility index (Phi) is 5.59. The van der Waals surface area contributed by atoms with Crippen molar-refractivity contribution in [3.8, 4) is 11.5 Å². The predicted octanol–water partition coefficient (Wildman–Crippen LogP) is 2.27. The standard InChI is InChI=1S/C18H24N4O2/c1-22-13-7-3-6-10-15(22)17(23)19-12-11-16-20-18(24-21-16)14-8-4-2-5-9-14/h2,4-5,8-9,15H,3,6-7,10-13H2,1H3,(H,19,23)/t15-/m0/s1. The van der Waals surface area contributed by atoms with Crippen LogP contribution in [0.3, 0.4) is 0 Å². The molecule has 1 amide bonds. The summed E-state index contributed by atoms with van der Waals surface area (Å²) in [5.41, 5.74) is 0.903. The van der Waals surface area contributed by atoms with E-state index in [2.05, 4.69) is 20.4 Å². The number of amides is 1. The molecular formula is C18H24N4O2. The SMILES string of the molecule is CN1CCCCC[C@H]1C(=O)NCCc1noc(-c2ccccc2)n1. The number of nitrogens with zero attached hydrogens (tertiary/aromatic N) is 3. The molecule has 1 aromatic carbocycles. The summed E-state index contributed by atoms with van der Waals surface area (Å²) in [4.78, 5) is 18.9. The van der Waals surface area contributed by atoms with Gasteiger partial charge in [-0.2, -0.15) is 4.98 Å². The third-order valence-corrected chi connectivity index (χ3v) is 4.46. The van der Waals surface area contributed by atoms with E-state index in [1.165, 1.54) is 12.8 Å². The van der Waals surface area contributed by atoms with Crippen molar-refractivity contribution in [3.63, 3.8) is 0 Å². The molecule has 3 rings (SSSR count). The summed E-state index contributed by atoms with van der Waals surface area (Å²) >= 11 is 0. The molecule has 6 nitrogen and oxygen atoms in total. The number of likely N-dealkylation sites (N-methyl/N-ethyl adjacent to an activating group) is 1. The molecule has 1 aromatic heterocycles. The lowest BCUT2D eigenvalue weighted by atomic mass is 10.1. The summed E-state index contributed by atoms with van der Waals surface area (Å²) < 4.78 is 5.28. The molecule has 0 bridgehead atoms. The van der Waals surface area contributed by atoms with E-state index in [-0.39, 0.29) is 11.9 Å². The zero-order valence-electron chi connectivity index (χ0n) is 14.1. The maximum atomic E-state index is 12.4. The summed E-state index contributed by atoms with van der Waals surface area (Å²) in [6.07, 6.45) is 5.00. The van der Waals surface area contributed by atoms with E-state index in [0.717, 1.165) is 24.9 Å². The first kappa shape index (κ1) is 16.6. The lowest BCUT2D eigenvalue weighted by Gasteiger charge is -2.24. The molecule has 128 valence electrons. The van der Waals surface area contributed by atoms with Gasteiger partial charge in [0, 0.05) is 18.5 Å². The normalized spacial score (nSPS) is 19.0. The quantitative estimate of drug-likeness (QED) is 0.911. The highest BCUT2D eigenvalue weighted by Gasteiger charge is 2.24. The highest BCUT2D eigenvalue weighted by molar-refractivity contribution is 5.81. The van der Waals surface area contributed by atoms with Crippen molar-refractivity contribution in [2.75, 3.05) is 20.1 Å². The molecule has 2 heterocycles. The van der Waals surface area contributed by atoms with Crippen LogP contribution in [-0.4, -0.2) is 47.1 Å². The van der Waals surface area contributed by atoms with Gasteiger partial charge in [-0.1, -0.05) is 36.2 Å². The number of benzene rings is 1. The van der Waals surface area contributed by atoms with Gasteiger partial charge in [0.25, 0.3) is 5.89 Å². The van der Waals surface area contributed by atoms with E-state index >= 15 is 0 Å². The third kappa shape index (κ3) is 4.20. The lowest BCUT2D eigenvalue weighted by molar-refractivity contribution is -0.126. The van der Waals surface area contributed by atoms with Crippen LogP contribution in [0.1, 0.15) is 31.5 Å². The molecule has 6 heteroatoms. The Hall–Kier alpha value is -2.21. The highest BCUT2D eigenvalue weighted by atomic mass is 16.5. The topological polar surface area (TPSA) is 71.3 Å². The molecule has 1 atom stereocenters. The molecule has 0 spiro atoms. The first-order valence-corrected chi connectivity index (χ1v) is 8.60. The van der Waals surface area contributed by atoms with Gasteiger partial charge in [-0.3, -0.25) is 9.69 Å². The van der Waals surface area contributed by atoms with Crippen LogP contribution in [0, 0.1) is 0 Å². The van der Waals surface area contributed by atoms with Gasteiger partial charge in [-0.05, 0) is 38.6 Å². The largest absolute Gasteiger partial charge is 0.354 e. The Bertz CT molecular complexity index is 656. The van der Waals surface area contributed by atoms with Gasteiger partial charge in [-0.15, -0.1) is 0 Å². The predicted molar refractivity (Wildman–Crippen MR) is 91.3 cm³/mol. The smallest absolute Gasteiger partial charge is 0.257 e. The van der Waals surface area contributed by atoms with Crippen LogP contribution in [0.25, 0.3) is 11.5 Å². The third-order valence-electron chi connectivity index (χ3n) is 4.46. The number of aromatic nitrogens is 2. The molecule has 1 fully saturated rings. The van der Waals surface area contributed by atoms with Crippen molar-refractivity contribution in [1.82, 2.24) is 20.4 Å². The van der Waals surface area contributed by atoms with Crippen LogP contribution >= 0.6 is 0 Å². The van der Waals surface area contributed by atoms with Crippen molar-refractivity contribution in [2.45, 2.75) is 38.1 Å². The Morgan fingerprint density at radius 1 is 1.29 bits per heavy atom. The van der Waals surface area contributed by atoms with Crippen molar-refractivity contribution in [1.29, 1.82) is 0 Å². The summed E-state index contributed by atoms with van der Waals surface area (Å²) in [6.45, 7) is 1.51. The van der Waals surface area contributed by atoms with Gasteiger partial charge >= 0.3 is 0 Å². The molecule has 1 aliphatic rings. The minimum absolute atomic E-state index is 0.0161. The Balaban J connectivity index is 1.49. The van der Waals surface area contributed by atoms with E-state index in [9.17, 15) is 4.79 Å². The highest BCUT2D eigenvalue weighted by Crippen LogP contribution is 2.16. The Morgan fingerprint density at radius 2 is 2.12 bits per heavy atom. The van der Waals surface area contributed by atoms with Gasteiger partial charge in [0.15, 0.2) is 5.82 Å². The van der Waals surface area contributed by atoms with Crippen LogP contribution in [0.2, 0.25) is 0 Å². The Labute approximate surface area is 142 Å². The van der Waals surface area contributed by atoms with Crippen LogP contribution < -0.4 is 5.32 Å². The van der Waals surface area contributed by atoms with Gasteiger partial charge in [0.2, 0.25) is 5.91 Å². The first-order chi connectivity index (χ1) is 11.7. The fourth-order valence-electron chi connectivity index (χ4n) is 3.05. The summed E-state index contributed by atoms with van der Waals surface area (Å²) in [7, 11) is 2.03. The second-order valence-electron chi connectivity index (χ2n) is 6.27. The summed E-state index contributed by atoms with van der Waals surface area (Å²) in [6, 6.07) is 9.66. The van der Waals surface area contributed by atoms with Crippen LogP contribution in [0.5, 0.6) is 0 Å². The number of nitrogens with one attached hydrogen (secondary N) is 1. The fourth-order valence-corrected chi connectivity index (χ4v) is 3.05. The number of rotatable bonds is 5. The molecule has 24 heavy (non-hydrogen) atoms. The van der Waals surface area contributed by atoms with E-state index in [4.69, 9.17) is 4.52 Å². The zero-order valence-corrected chi connectivity index (χ0v) is 14.1. The molecule has 0 unspecified atom stereocenters. The molecule has 0 saturated carbocycles. The van der Waals surface area contributed by atoms with Crippen LogP contribution in [0.15, 0.2) is 34.9 Å².